The van der Waals surface area contributed by atoms with E-state index in [2.05, 4.69) is 32.2 Å². The number of carbonyl (C=O) groups is 1. The van der Waals surface area contributed by atoms with Crippen molar-refractivity contribution in [2.24, 2.45) is 0 Å². The van der Waals surface area contributed by atoms with E-state index in [-0.39, 0.29) is 5.91 Å². The quantitative estimate of drug-likeness (QED) is 0.854. The second kappa shape index (κ2) is 7.45. The lowest BCUT2D eigenvalue weighted by Crippen LogP contribution is -2.46. The minimum absolute atomic E-state index is 0.208. The zero-order chi connectivity index (χ0) is 17.9. The van der Waals surface area contributed by atoms with Gasteiger partial charge in [-0.05, 0) is 31.0 Å². The number of hydrogen-bond acceptors (Lipinski definition) is 6. The van der Waals surface area contributed by atoms with Crippen LogP contribution in [0.4, 0.5) is 5.82 Å². The molecular weight excluding hydrogens is 330 g/mol. The zero-order valence-electron chi connectivity index (χ0n) is 15.1. The monoisotopic (exact) mass is 355 g/mol. The van der Waals surface area contributed by atoms with Crippen LogP contribution in [-0.4, -0.2) is 53.7 Å². The third-order valence-electron chi connectivity index (χ3n) is 5.15. The van der Waals surface area contributed by atoms with E-state index in [1.165, 1.54) is 0 Å². The molecule has 1 saturated heterocycles. The van der Waals surface area contributed by atoms with Gasteiger partial charge in [-0.15, -0.1) is 0 Å². The predicted molar refractivity (Wildman–Crippen MR) is 98.2 cm³/mol. The molecule has 0 atom stereocenters. The highest BCUT2D eigenvalue weighted by atomic mass is 16.5. The van der Waals surface area contributed by atoms with Crippen molar-refractivity contribution in [3.63, 3.8) is 0 Å². The highest BCUT2D eigenvalue weighted by molar-refractivity contribution is 5.92. The Kier molecular flexibility index (Phi) is 4.88. The Labute approximate surface area is 153 Å². The number of anilines is 1. The van der Waals surface area contributed by atoms with Crippen LogP contribution in [0.1, 0.15) is 47.5 Å². The number of carbonyl (C=O) groups excluding carboxylic acids is 1. The molecule has 2 aromatic rings. The number of hydrogen-bond donors (Lipinski definition) is 1. The molecule has 26 heavy (non-hydrogen) atoms. The zero-order valence-corrected chi connectivity index (χ0v) is 15.1. The molecule has 7 heteroatoms. The van der Waals surface area contributed by atoms with Crippen molar-refractivity contribution < 1.29 is 9.32 Å². The molecular formula is C19H25N5O2. The fraction of sp³-hybridized carbons (Fsp3) is 0.526. The fourth-order valence-electron chi connectivity index (χ4n) is 3.23. The van der Waals surface area contributed by atoms with Gasteiger partial charge in [-0.3, -0.25) is 4.79 Å². The molecule has 7 nitrogen and oxygen atoms in total. The Bertz CT molecular complexity index is 746. The molecule has 0 bridgehead atoms. The Balaban J connectivity index is 1.29. The average Bonchev–Trinajstić information content (AvgIpc) is 3.43. The first-order chi connectivity index (χ1) is 12.7. The van der Waals surface area contributed by atoms with E-state index in [1.54, 1.807) is 6.07 Å². The average molecular weight is 355 g/mol. The number of pyridine rings is 1. The summed E-state index contributed by atoms with van der Waals surface area (Å²) in [7, 11) is 0. The van der Waals surface area contributed by atoms with Gasteiger partial charge in [-0.2, -0.15) is 0 Å². The van der Waals surface area contributed by atoms with Crippen LogP contribution in [-0.2, 0) is 6.54 Å². The number of nitrogens with one attached hydrogen (secondary N) is 1. The first-order valence-corrected chi connectivity index (χ1v) is 9.40. The summed E-state index contributed by atoms with van der Waals surface area (Å²) in [5.74, 6) is 2.08. The summed E-state index contributed by atoms with van der Waals surface area (Å²) in [6, 6.07) is 5.81. The summed E-state index contributed by atoms with van der Waals surface area (Å²) in [4.78, 5) is 21.5. The maximum absolute atomic E-state index is 12.2. The minimum atomic E-state index is -0.208. The molecule has 138 valence electrons. The number of likely N-dealkylation sites (N-methyl/N-ethyl adjacent to an activating group) is 1. The molecule has 1 saturated carbocycles. The number of rotatable bonds is 6. The molecule has 3 heterocycles. The van der Waals surface area contributed by atoms with Crippen molar-refractivity contribution in [3.8, 4) is 0 Å². The van der Waals surface area contributed by atoms with Crippen molar-refractivity contribution in [2.75, 3.05) is 37.6 Å². The lowest BCUT2D eigenvalue weighted by molar-refractivity contribution is 0.0941. The van der Waals surface area contributed by atoms with E-state index in [1.807, 2.05) is 18.3 Å². The van der Waals surface area contributed by atoms with Crippen LogP contribution in [0.2, 0.25) is 0 Å². The minimum Gasteiger partial charge on any atom is -0.360 e. The molecule has 0 aromatic carbocycles. The summed E-state index contributed by atoms with van der Waals surface area (Å²) in [5.41, 5.74) is 1.32. The fourth-order valence-corrected chi connectivity index (χ4v) is 3.23. The van der Waals surface area contributed by atoms with Crippen LogP contribution >= 0.6 is 0 Å². The molecule has 2 aliphatic rings. The Morgan fingerprint density at radius 3 is 2.73 bits per heavy atom. The lowest BCUT2D eigenvalue weighted by atomic mass is 10.2. The van der Waals surface area contributed by atoms with Gasteiger partial charge < -0.3 is 19.6 Å². The molecule has 1 aliphatic heterocycles. The second-order valence-corrected chi connectivity index (χ2v) is 7.02. The van der Waals surface area contributed by atoms with Gasteiger partial charge >= 0.3 is 0 Å². The van der Waals surface area contributed by atoms with Crippen molar-refractivity contribution in [3.05, 3.63) is 41.4 Å². The third-order valence-corrected chi connectivity index (χ3v) is 5.15. The van der Waals surface area contributed by atoms with E-state index in [0.29, 0.717) is 18.2 Å². The van der Waals surface area contributed by atoms with E-state index in [4.69, 9.17) is 4.52 Å². The van der Waals surface area contributed by atoms with Crippen LogP contribution < -0.4 is 10.2 Å². The highest BCUT2D eigenvalue weighted by Crippen LogP contribution is 2.40. The molecule has 1 N–H and O–H groups in total. The number of amides is 1. The van der Waals surface area contributed by atoms with E-state index < -0.39 is 0 Å². The molecule has 2 fully saturated rings. The van der Waals surface area contributed by atoms with Crippen LogP contribution in [0, 0.1) is 0 Å². The van der Waals surface area contributed by atoms with Gasteiger partial charge in [-0.25, -0.2) is 4.98 Å². The predicted octanol–water partition coefficient (Wildman–Crippen LogP) is 2.02. The summed E-state index contributed by atoms with van der Waals surface area (Å²) < 4.78 is 5.23. The molecule has 1 amide bonds. The molecule has 4 rings (SSSR count). The first-order valence-electron chi connectivity index (χ1n) is 9.40. The van der Waals surface area contributed by atoms with Crippen LogP contribution in [0.25, 0.3) is 0 Å². The SMILES string of the molecule is CCN1CCN(c2ccc(CNC(=O)c3cc(C4CC4)on3)cn2)CC1. The Morgan fingerprint density at radius 2 is 2.08 bits per heavy atom. The van der Waals surface area contributed by atoms with Gasteiger partial charge in [0.2, 0.25) is 0 Å². The summed E-state index contributed by atoms with van der Waals surface area (Å²) in [6.45, 7) is 7.91. The third kappa shape index (κ3) is 3.88. The summed E-state index contributed by atoms with van der Waals surface area (Å²) in [6.07, 6.45) is 4.09. The van der Waals surface area contributed by atoms with Gasteiger partial charge in [0, 0.05) is 50.9 Å². The van der Waals surface area contributed by atoms with Crippen LogP contribution in [0.3, 0.4) is 0 Å². The van der Waals surface area contributed by atoms with Crippen molar-refractivity contribution in [2.45, 2.75) is 32.2 Å². The van der Waals surface area contributed by atoms with Gasteiger partial charge in [-0.1, -0.05) is 18.1 Å². The maximum atomic E-state index is 12.2. The van der Waals surface area contributed by atoms with Crippen molar-refractivity contribution >= 4 is 11.7 Å². The second-order valence-electron chi connectivity index (χ2n) is 7.02. The molecule has 0 unspecified atom stereocenters. The molecule has 2 aromatic heterocycles. The van der Waals surface area contributed by atoms with E-state index in [9.17, 15) is 4.79 Å². The number of nitrogens with zero attached hydrogens (tertiary/aromatic N) is 4. The number of piperazine rings is 1. The normalized spacial score (nSPS) is 18.1. The maximum Gasteiger partial charge on any atom is 0.273 e. The summed E-state index contributed by atoms with van der Waals surface area (Å²) in [5, 5.41) is 6.74. The Morgan fingerprint density at radius 1 is 1.27 bits per heavy atom. The van der Waals surface area contributed by atoms with Gasteiger partial charge in [0.15, 0.2) is 5.69 Å². The van der Waals surface area contributed by atoms with Crippen molar-refractivity contribution in [1.29, 1.82) is 0 Å². The number of aromatic nitrogens is 2. The molecule has 1 aliphatic carbocycles. The topological polar surface area (TPSA) is 74.5 Å². The lowest BCUT2D eigenvalue weighted by Gasteiger charge is -2.34. The van der Waals surface area contributed by atoms with Crippen molar-refractivity contribution in [1.82, 2.24) is 20.4 Å². The highest BCUT2D eigenvalue weighted by Gasteiger charge is 2.28. The standard InChI is InChI=1S/C19H25N5O2/c1-2-23-7-9-24(10-8-23)18-6-3-14(12-20-18)13-21-19(25)16-11-17(26-22-16)15-4-5-15/h3,6,11-12,15H,2,4-5,7-10,13H2,1H3,(H,21,25). The largest absolute Gasteiger partial charge is 0.360 e. The van der Waals surface area contributed by atoms with Gasteiger partial charge in [0.25, 0.3) is 5.91 Å². The van der Waals surface area contributed by atoms with E-state index >= 15 is 0 Å². The van der Waals surface area contributed by atoms with Gasteiger partial charge in [0.05, 0.1) is 0 Å². The van der Waals surface area contributed by atoms with Crippen LogP contribution in [0.5, 0.6) is 0 Å². The van der Waals surface area contributed by atoms with E-state index in [0.717, 1.165) is 62.7 Å². The summed E-state index contributed by atoms with van der Waals surface area (Å²) >= 11 is 0. The van der Waals surface area contributed by atoms with Gasteiger partial charge in [0.1, 0.15) is 11.6 Å². The Hall–Kier alpha value is -2.41. The van der Waals surface area contributed by atoms with Crippen LogP contribution in [0.15, 0.2) is 28.9 Å². The first kappa shape index (κ1) is 17.0. The molecule has 0 radical (unpaired) electrons. The molecule has 0 spiro atoms. The smallest absolute Gasteiger partial charge is 0.273 e.